The molecule has 0 saturated carbocycles. The van der Waals surface area contributed by atoms with Crippen molar-refractivity contribution in [3.63, 3.8) is 0 Å². The molecule has 2 N–H and O–H groups in total. The van der Waals surface area contributed by atoms with Gasteiger partial charge < -0.3 is 10.2 Å². The Hall–Kier alpha value is -4.40. The summed E-state index contributed by atoms with van der Waals surface area (Å²) >= 11 is 0. The number of rotatable bonds is 4. The van der Waals surface area contributed by atoms with E-state index in [1.165, 1.54) is 0 Å². The minimum Gasteiger partial charge on any atom is -0.395 e. The third-order valence-corrected chi connectivity index (χ3v) is 7.45. The third kappa shape index (κ3) is 2.87. The van der Waals surface area contributed by atoms with Crippen LogP contribution in [0.5, 0.6) is 0 Å². The van der Waals surface area contributed by atoms with Crippen LogP contribution in [0.25, 0.3) is 43.1 Å². The molecule has 4 amide bonds. The molecule has 2 heterocycles. The van der Waals surface area contributed by atoms with Gasteiger partial charge in [0.15, 0.2) is 0 Å². The lowest BCUT2D eigenvalue weighted by Crippen LogP contribution is -2.42. The molecule has 2 aliphatic heterocycles. The zero-order valence-corrected chi connectivity index (χ0v) is 20.9. The van der Waals surface area contributed by atoms with Gasteiger partial charge in [0, 0.05) is 33.0 Å². The smallest absolute Gasteiger partial charge is 0.261 e. The standard InChI is InChI=1S/C28H18N2O6.C2H6/c31-11-9-29-25(33)17-5-1-13-14-2-6-19-24-20(28(36)30(10-12-32)27(19)35)8-4-16(22(14)24)15-3-7-18(26(29)34)23(17)21(13)15;1-2/h1-8,31-32H,9-12H2;1-2H3. The lowest BCUT2D eigenvalue weighted by Gasteiger charge is -2.29. The molecule has 7 rings (SSSR count). The molecule has 0 saturated heterocycles. The molecular formula is C30H24N2O6. The summed E-state index contributed by atoms with van der Waals surface area (Å²) in [5.41, 5.74) is 1.60. The number of aliphatic hydroxyl groups excluding tert-OH is 2. The van der Waals surface area contributed by atoms with Crippen LogP contribution in [0.4, 0.5) is 0 Å². The van der Waals surface area contributed by atoms with Crippen molar-refractivity contribution in [2.45, 2.75) is 13.8 Å². The van der Waals surface area contributed by atoms with E-state index < -0.39 is 23.6 Å². The third-order valence-electron chi connectivity index (χ3n) is 7.45. The highest BCUT2D eigenvalue weighted by molar-refractivity contribution is 6.41. The highest BCUT2D eigenvalue weighted by Gasteiger charge is 2.36. The van der Waals surface area contributed by atoms with Crippen molar-refractivity contribution in [3.05, 3.63) is 70.8 Å². The second-order valence-corrected chi connectivity index (χ2v) is 9.11. The molecule has 8 heteroatoms. The summed E-state index contributed by atoms with van der Waals surface area (Å²) in [5.74, 6) is -1.77. The number of fused-ring (bicyclic) bond motifs is 2. The summed E-state index contributed by atoms with van der Waals surface area (Å²) in [6.07, 6.45) is 0. The Balaban J connectivity index is 0.00000129. The first-order chi connectivity index (χ1) is 18.5. The van der Waals surface area contributed by atoms with Gasteiger partial charge in [0.2, 0.25) is 0 Å². The number of carbonyl (C=O) groups excluding carboxylic acids is 4. The Labute approximate surface area is 217 Å². The molecule has 5 aromatic carbocycles. The molecule has 5 aromatic rings. The Kier molecular flexibility index (Phi) is 5.41. The number of carbonyl (C=O) groups is 4. The van der Waals surface area contributed by atoms with Gasteiger partial charge in [-0.15, -0.1) is 0 Å². The van der Waals surface area contributed by atoms with Crippen molar-refractivity contribution in [1.29, 1.82) is 0 Å². The molecule has 8 nitrogen and oxygen atoms in total. The average Bonchev–Trinajstić information content (AvgIpc) is 2.95. The van der Waals surface area contributed by atoms with Crippen LogP contribution < -0.4 is 0 Å². The molecular weight excluding hydrogens is 484 g/mol. The monoisotopic (exact) mass is 508 g/mol. The predicted octanol–water partition coefficient (Wildman–Crippen LogP) is 3.94. The largest absolute Gasteiger partial charge is 0.395 e. The molecule has 0 aliphatic carbocycles. The fraction of sp³-hybridized carbons (Fsp3) is 0.200. The van der Waals surface area contributed by atoms with Crippen LogP contribution in [-0.4, -0.2) is 69.9 Å². The van der Waals surface area contributed by atoms with E-state index in [-0.39, 0.29) is 26.3 Å². The van der Waals surface area contributed by atoms with Gasteiger partial charge in [-0.05, 0) is 56.6 Å². The van der Waals surface area contributed by atoms with Crippen molar-refractivity contribution in [2.24, 2.45) is 0 Å². The molecule has 0 bridgehead atoms. The Bertz CT molecular complexity index is 1600. The van der Waals surface area contributed by atoms with Gasteiger partial charge in [-0.25, -0.2) is 0 Å². The van der Waals surface area contributed by atoms with E-state index in [0.29, 0.717) is 33.0 Å². The van der Waals surface area contributed by atoms with Crippen molar-refractivity contribution in [3.8, 4) is 0 Å². The zero-order chi connectivity index (χ0) is 26.9. The quantitative estimate of drug-likeness (QED) is 0.216. The maximum Gasteiger partial charge on any atom is 0.261 e. The summed E-state index contributed by atoms with van der Waals surface area (Å²) in [7, 11) is 0. The molecule has 38 heavy (non-hydrogen) atoms. The molecule has 0 atom stereocenters. The topological polar surface area (TPSA) is 115 Å². The molecule has 0 fully saturated rings. The molecule has 0 unspecified atom stereocenters. The number of benzene rings is 5. The van der Waals surface area contributed by atoms with Gasteiger partial charge in [-0.3, -0.25) is 29.0 Å². The molecule has 0 radical (unpaired) electrons. The fourth-order valence-corrected chi connectivity index (χ4v) is 5.97. The van der Waals surface area contributed by atoms with Crippen molar-refractivity contribution in [1.82, 2.24) is 9.80 Å². The van der Waals surface area contributed by atoms with Gasteiger partial charge in [0.05, 0.1) is 26.3 Å². The van der Waals surface area contributed by atoms with E-state index in [2.05, 4.69) is 0 Å². The Morgan fingerprint density at radius 2 is 0.737 bits per heavy atom. The van der Waals surface area contributed by atoms with Crippen LogP contribution in [0.3, 0.4) is 0 Å². The van der Waals surface area contributed by atoms with E-state index >= 15 is 0 Å². The number of β-amino-alcohol motifs (C(OH)–C–C–N with tert-alkyl or cyclic N) is 2. The second kappa shape index (κ2) is 8.58. The summed E-state index contributed by atoms with van der Waals surface area (Å²) in [5, 5.41) is 24.7. The number of amides is 4. The van der Waals surface area contributed by atoms with Crippen molar-refractivity contribution < 1.29 is 29.4 Å². The normalized spacial score (nSPS) is 14.8. The minimum absolute atomic E-state index is 0.0782. The van der Waals surface area contributed by atoms with Crippen molar-refractivity contribution in [2.75, 3.05) is 26.3 Å². The lowest BCUT2D eigenvalue weighted by molar-refractivity contribution is 0.0567. The summed E-state index contributed by atoms with van der Waals surface area (Å²) in [6.45, 7) is 3.20. The number of aliphatic hydroxyl groups is 2. The molecule has 0 spiro atoms. The van der Waals surface area contributed by atoms with Gasteiger partial charge in [-0.2, -0.15) is 0 Å². The number of hydrogen-bond donors (Lipinski definition) is 2. The van der Waals surface area contributed by atoms with Crippen molar-refractivity contribution >= 4 is 66.7 Å². The number of imide groups is 2. The van der Waals surface area contributed by atoms with E-state index in [9.17, 15) is 29.4 Å². The fourth-order valence-electron chi connectivity index (χ4n) is 5.97. The Morgan fingerprint density at radius 1 is 0.474 bits per heavy atom. The van der Waals surface area contributed by atoms with Gasteiger partial charge in [0.25, 0.3) is 23.6 Å². The highest BCUT2D eigenvalue weighted by Crippen LogP contribution is 2.46. The van der Waals surface area contributed by atoms with E-state index in [1.54, 1.807) is 24.3 Å². The van der Waals surface area contributed by atoms with Crippen LogP contribution in [-0.2, 0) is 0 Å². The summed E-state index contributed by atoms with van der Waals surface area (Å²) < 4.78 is 0. The summed E-state index contributed by atoms with van der Waals surface area (Å²) in [6, 6.07) is 14.2. The average molecular weight is 509 g/mol. The van der Waals surface area contributed by atoms with Gasteiger partial charge in [-0.1, -0.05) is 38.1 Å². The van der Waals surface area contributed by atoms with Gasteiger partial charge in [0.1, 0.15) is 0 Å². The highest BCUT2D eigenvalue weighted by atomic mass is 16.3. The number of nitrogens with zero attached hydrogens (tertiary/aromatic N) is 2. The number of hydrogen-bond acceptors (Lipinski definition) is 6. The van der Waals surface area contributed by atoms with Crippen LogP contribution >= 0.6 is 0 Å². The zero-order valence-electron chi connectivity index (χ0n) is 20.9. The molecule has 0 aromatic heterocycles. The second-order valence-electron chi connectivity index (χ2n) is 9.11. The minimum atomic E-state index is -0.443. The van der Waals surface area contributed by atoms with Gasteiger partial charge >= 0.3 is 0 Å². The van der Waals surface area contributed by atoms with Crippen LogP contribution in [0, 0.1) is 0 Å². The van der Waals surface area contributed by atoms with Crippen LogP contribution in [0.15, 0.2) is 48.5 Å². The van der Waals surface area contributed by atoms with E-state index in [0.717, 1.165) is 42.1 Å². The molecule has 190 valence electrons. The maximum absolute atomic E-state index is 13.2. The first kappa shape index (κ1) is 24.0. The molecule has 2 aliphatic rings. The van der Waals surface area contributed by atoms with Crippen LogP contribution in [0.2, 0.25) is 0 Å². The predicted molar refractivity (Wildman–Crippen MR) is 144 cm³/mol. The maximum atomic E-state index is 13.2. The Morgan fingerprint density at radius 3 is 0.974 bits per heavy atom. The summed E-state index contributed by atoms with van der Waals surface area (Å²) in [4.78, 5) is 54.8. The first-order valence-corrected chi connectivity index (χ1v) is 12.6. The lowest BCUT2D eigenvalue weighted by atomic mass is 9.82. The van der Waals surface area contributed by atoms with E-state index in [4.69, 9.17) is 0 Å². The van der Waals surface area contributed by atoms with Crippen LogP contribution in [0.1, 0.15) is 55.3 Å². The SMILES string of the molecule is CC.O=C1c2ccc3c4ccc5c6c(ccc(c7ccc(c2c37)C(=O)N1CCO)c64)C(=O)N(CCO)C5=O. The first-order valence-electron chi connectivity index (χ1n) is 12.6. The van der Waals surface area contributed by atoms with E-state index in [1.807, 2.05) is 38.1 Å².